The molecule has 1 aromatic carbocycles. The van der Waals surface area contributed by atoms with E-state index in [-0.39, 0.29) is 23.5 Å². The third-order valence-electron chi connectivity index (χ3n) is 2.82. The highest BCUT2D eigenvalue weighted by Gasteiger charge is 2.31. The van der Waals surface area contributed by atoms with E-state index < -0.39 is 21.9 Å². The van der Waals surface area contributed by atoms with Crippen LogP contribution >= 0.6 is 0 Å². The Morgan fingerprint density at radius 2 is 2.22 bits per heavy atom. The summed E-state index contributed by atoms with van der Waals surface area (Å²) in [5.74, 6) is -0.752. The van der Waals surface area contributed by atoms with Crippen molar-refractivity contribution in [3.05, 3.63) is 29.6 Å². The first-order valence-electron chi connectivity index (χ1n) is 5.33. The summed E-state index contributed by atoms with van der Waals surface area (Å²) in [5, 5.41) is 18.0. The summed E-state index contributed by atoms with van der Waals surface area (Å²) in [6.07, 6.45) is -0.290. The Bertz CT molecular complexity index is 609. The molecule has 1 aliphatic rings. The zero-order valence-electron chi connectivity index (χ0n) is 9.38. The molecule has 96 valence electrons. The number of nitriles is 1. The van der Waals surface area contributed by atoms with Crippen LogP contribution in [0.15, 0.2) is 23.1 Å². The SMILES string of the molecule is N#Cc1cc(S(=O)(=O)N2CCC(O)C2)ccc1F. The van der Waals surface area contributed by atoms with Gasteiger partial charge in [-0.25, -0.2) is 12.8 Å². The highest BCUT2D eigenvalue weighted by molar-refractivity contribution is 7.89. The Balaban J connectivity index is 2.39. The van der Waals surface area contributed by atoms with Crippen LogP contribution in [0.1, 0.15) is 12.0 Å². The average molecular weight is 270 g/mol. The first kappa shape index (κ1) is 13.0. The number of sulfonamides is 1. The van der Waals surface area contributed by atoms with Crippen LogP contribution < -0.4 is 0 Å². The van der Waals surface area contributed by atoms with Crippen LogP contribution in [0.2, 0.25) is 0 Å². The van der Waals surface area contributed by atoms with Gasteiger partial charge in [-0.15, -0.1) is 0 Å². The Hall–Kier alpha value is -1.49. The predicted octanol–water partition coefficient (Wildman–Crippen LogP) is 0.453. The van der Waals surface area contributed by atoms with E-state index in [9.17, 15) is 17.9 Å². The fourth-order valence-corrected chi connectivity index (χ4v) is 3.35. The molecule has 1 aliphatic heterocycles. The maximum atomic E-state index is 13.1. The van der Waals surface area contributed by atoms with Crippen LogP contribution in [0.3, 0.4) is 0 Å². The minimum atomic E-state index is -3.77. The van der Waals surface area contributed by atoms with E-state index in [0.717, 1.165) is 22.5 Å². The van der Waals surface area contributed by atoms with Gasteiger partial charge >= 0.3 is 0 Å². The highest BCUT2D eigenvalue weighted by Crippen LogP contribution is 2.22. The van der Waals surface area contributed by atoms with Crippen molar-refractivity contribution < 1.29 is 17.9 Å². The minimum Gasteiger partial charge on any atom is -0.392 e. The van der Waals surface area contributed by atoms with Crippen molar-refractivity contribution in [2.75, 3.05) is 13.1 Å². The van der Waals surface area contributed by atoms with E-state index in [1.165, 1.54) is 0 Å². The Morgan fingerprint density at radius 1 is 1.50 bits per heavy atom. The van der Waals surface area contributed by atoms with Gasteiger partial charge in [0.25, 0.3) is 0 Å². The molecule has 0 saturated carbocycles. The molecule has 5 nitrogen and oxygen atoms in total. The van der Waals surface area contributed by atoms with Crippen LogP contribution in [0.4, 0.5) is 4.39 Å². The van der Waals surface area contributed by atoms with Crippen molar-refractivity contribution in [3.63, 3.8) is 0 Å². The summed E-state index contributed by atoms with van der Waals surface area (Å²) in [7, 11) is -3.77. The molecule has 0 aliphatic carbocycles. The van der Waals surface area contributed by atoms with Gasteiger partial charge < -0.3 is 5.11 Å². The van der Waals surface area contributed by atoms with E-state index >= 15 is 0 Å². The third kappa shape index (κ3) is 2.22. The molecule has 7 heteroatoms. The molecule has 2 rings (SSSR count). The Morgan fingerprint density at radius 3 is 2.78 bits per heavy atom. The topological polar surface area (TPSA) is 81.4 Å². The smallest absolute Gasteiger partial charge is 0.243 e. The van der Waals surface area contributed by atoms with E-state index in [0.29, 0.717) is 6.42 Å². The number of β-amino-alcohol motifs (C(OH)–C–C–N with tert-alkyl or cyclic N) is 1. The van der Waals surface area contributed by atoms with Crippen LogP contribution in [0.5, 0.6) is 0 Å². The lowest BCUT2D eigenvalue weighted by Crippen LogP contribution is -2.29. The van der Waals surface area contributed by atoms with Crippen LogP contribution in [-0.2, 0) is 10.0 Å². The van der Waals surface area contributed by atoms with Gasteiger partial charge in [0.15, 0.2) is 0 Å². The van der Waals surface area contributed by atoms with Crippen molar-refractivity contribution in [2.24, 2.45) is 0 Å². The number of aliphatic hydroxyl groups is 1. The predicted molar refractivity (Wildman–Crippen MR) is 60.5 cm³/mol. The molecule has 1 N–H and O–H groups in total. The van der Waals surface area contributed by atoms with Crippen LogP contribution in [0.25, 0.3) is 0 Å². The van der Waals surface area contributed by atoms with Gasteiger partial charge in [-0.2, -0.15) is 9.57 Å². The van der Waals surface area contributed by atoms with Gasteiger partial charge in [-0.3, -0.25) is 0 Å². The lowest BCUT2D eigenvalue weighted by atomic mass is 10.2. The second-order valence-corrected chi connectivity index (χ2v) is 6.00. The quantitative estimate of drug-likeness (QED) is 0.846. The van der Waals surface area contributed by atoms with E-state index in [4.69, 9.17) is 5.26 Å². The average Bonchev–Trinajstić information content (AvgIpc) is 2.77. The van der Waals surface area contributed by atoms with Crippen molar-refractivity contribution in [1.29, 1.82) is 5.26 Å². The second kappa shape index (κ2) is 4.65. The zero-order valence-corrected chi connectivity index (χ0v) is 10.2. The molecule has 1 heterocycles. The maximum absolute atomic E-state index is 13.1. The number of hydrogen-bond acceptors (Lipinski definition) is 4. The lowest BCUT2D eigenvalue weighted by Gasteiger charge is -2.15. The number of rotatable bonds is 2. The molecule has 18 heavy (non-hydrogen) atoms. The summed E-state index contributed by atoms with van der Waals surface area (Å²) in [6.45, 7) is 0.254. The lowest BCUT2D eigenvalue weighted by molar-refractivity contribution is 0.189. The molecule has 0 spiro atoms. The fourth-order valence-electron chi connectivity index (χ4n) is 1.83. The van der Waals surface area contributed by atoms with Crippen molar-refractivity contribution >= 4 is 10.0 Å². The first-order valence-corrected chi connectivity index (χ1v) is 6.77. The van der Waals surface area contributed by atoms with Crippen LogP contribution in [0, 0.1) is 17.1 Å². The van der Waals surface area contributed by atoms with E-state index in [1.807, 2.05) is 0 Å². The normalized spacial score (nSPS) is 20.8. The molecular formula is C11H11FN2O3S. The standard InChI is InChI=1S/C11H11FN2O3S/c12-11-2-1-10(5-8(11)6-13)18(16,17)14-4-3-9(15)7-14/h1-2,5,9,15H,3-4,7H2. The molecule has 1 aromatic rings. The van der Waals surface area contributed by atoms with Crippen molar-refractivity contribution in [2.45, 2.75) is 17.4 Å². The summed E-state index contributed by atoms with van der Waals surface area (Å²) < 4.78 is 38.5. The van der Waals surface area contributed by atoms with Crippen molar-refractivity contribution in [1.82, 2.24) is 4.31 Å². The fraction of sp³-hybridized carbons (Fsp3) is 0.364. The van der Waals surface area contributed by atoms with Gasteiger partial charge in [0.2, 0.25) is 10.0 Å². The molecule has 0 amide bonds. The van der Waals surface area contributed by atoms with Crippen molar-refractivity contribution in [3.8, 4) is 6.07 Å². The van der Waals surface area contributed by atoms with Gasteiger partial charge in [-0.05, 0) is 24.6 Å². The minimum absolute atomic E-state index is 0.0294. The monoisotopic (exact) mass is 270 g/mol. The number of aliphatic hydroxyl groups excluding tert-OH is 1. The molecule has 0 bridgehead atoms. The van der Waals surface area contributed by atoms with E-state index in [1.54, 1.807) is 6.07 Å². The largest absolute Gasteiger partial charge is 0.392 e. The summed E-state index contributed by atoms with van der Waals surface area (Å²) in [4.78, 5) is -0.130. The van der Waals surface area contributed by atoms with Gasteiger partial charge in [-0.1, -0.05) is 0 Å². The molecule has 1 fully saturated rings. The molecular weight excluding hydrogens is 259 g/mol. The maximum Gasteiger partial charge on any atom is 0.243 e. The highest BCUT2D eigenvalue weighted by atomic mass is 32.2. The molecule has 0 radical (unpaired) electrons. The second-order valence-electron chi connectivity index (χ2n) is 4.06. The molecule has 1 unspecified atom stereocenters. The number of nitrogens with zero attached hydrogens (tertiary/aromatic N) is 2. The molecule has 1 saturated heterocycles. The Kier molecular flexibility index (Phi) is 3.34. The third-order valence-corrected chi connectivity index (χ3v) is 4.68. The summed E-state index contributed by atoms with van der Waals surface area (Å²) >= 11 is 0. The number of benzene rings is 1. The van der Waals surface area contributed by atoms with Gasteiger partial charge in [0, 0.05) is 13.1 Å². The number of halogens is 1. The summed E-state index contributed by atoms with van der Waals surface area (Å²) in [6, 6.07) is 4.69. The van der Waals surface area contributed by atoms with E-state index in [2.05, 4.69) is 0 Å². The summed E-state index contributed by atoms with van der Waals surface area (Å²) in [5.41, 5.74) is -0.309. The van der Waals surface area contributed by atoms with Gasteiger partial charge in [0.1, 0.15) is 11.9 Å². The molecule has 0 aromatic heterocycles. The molecule has 1 atom stereocenters. The Labute approximate surface area is 104 Å². The first-order chi connectivity index (χ1) is 8.45. The van der Waals surface area contributed by atoms with Crippen LogP contribution in [-0.4, -0.2) is 37.0 Å². The van der Waals surface area contributed by atoms with Gasteiger partial charge in [0.05, 0.1) is 16.6 Å². The zero-order chi connectivity index (χ0) is 13.3. The number of hydrogen-bond donors (Lipinski definition) is 1.